The summed E-state index contributed by atoms with van der Waals surface area (Å²) in [5.74, 6) is -0.444. The monoisotopic (exact) mass is 293 g/mol. The smallest absolute Gasteiger partial charge is 0.261 e. The average Bonchev–Trinajstić information content (AvgIpc) is 3.03. The molecule has 0 fully saturated rings. The van der Waals surface area contributed by atoms with E-state index in [0.717, 1.165) is 11.1 Å². The second-order valence-corrected chi connectivity index (χ2v) is 5.65. The van der Waals surface area contributed by atoms with Crippen LogP contribution in [-0.4, -0.2) is 29.9 Å². The molecule has 1 aliphatic heterocycles. The predicted octanol–water partition coefficient (Wildman–Crippen LogP) is 2.60. The highest BCUT2D eigenvalue weighted by Crippen LogP contribution is 2.39. The van der Waals surface area contributed by atoms with Crippen molar-refractivity contribution in [1.29, 1.82) is 0 Å². The van der Waals surface area contributed by atoms with Gasteiger partial charge in [0.15, 0.2) is 0 Å². The zero-order valence-corrected chi connectivity index (χ0v) is 12.2. The molecule has 0 saturated carbocycles. The molecule has 0 saturated heterocycles. The van der Waals surface area contributed by atoms with E-state index in [0.29, 0.717) is 17.5 Å². The van der Waals surface area contributed by atoms with Crippen molar-refractivity contribution in [3.8, 4) is 0 Å². The number of rotatable bonds is 2. The summed E-state index contributed by atoms with van der Waals surface area (Å²) >= 11 is 0. The number of nitrogens with zero attached hydrogens (tertiary/aromatic N) is 1. The molecule has 1 aliphatic carbocycles. The molecule has 22 heavy (non-hydrogen) atoms. The SMILES string of the molecule is COC1c2ccccc2CC1N1C(=O)c2ccccc2C1=O. The lowest BCUT2D eigenvalue weighted by molar-refractivity contribution is 0.0226. The summed E-state index contributed by atoms with van der Waals surface area (Å²) in [6.45, 7) is 0. The Balaban J connectivity index is 1.76. The second-order valence-electron chi connectivity index (χ2n) is 5.65. The van der Waals surface area contributed by atoms with E-state index in [1.165, 1.54) is 4.90 Å². The van der Waals surface area contributed by atoms with E-state index in [9.17, 15) is 9.59 Å². The lowest BCUT2D eigenvalue weighted by Gasteiger charge is -2.27. The normalized spacial score (nSPS) is 22.9. The van der Waals surface area contributed by atoms with Crippen LogP contribution in [0.25, 0.3) is 0 Å². The summed E-state index contributed by atoms with van der Waals surface area (Å²) in [4.78, 5) is 26.7. The van der Waals surface area contributed by atoms with Crippen LogP contribution >= 0.6 is 0 Å². The Labute approximate surface area is 128 Å². The predicted molar refractivity (Wildman–Crippen MR) is 80.6 cm³/mol. The molecule has 2 aromatic rings. The fraction of sp³-hybridized carbons (Fsp3) is 0.222. The minimum absolute atomic E-state index is 0.222. The minimum Gasteiger partial charge on any atom is -0.375 e. The molecule has 110 valence electrons. The minimum atomic E-state index is -0.283. The van der Waals surface area contributed by atoms with Crippen molar-refractivity contribution in [3.05, 3.63) is 70.8 Å². The van der Waals surface area contributed by atoms with Crippen LogP contribution in [-0.2, 0) is 11.2 Å². The summed E-state index contributed by atoms with van der Waals surface area (Å²) in [6.07, 6.45) is 0.374. The second kappa shape index (κ2) is 4.78. The Morgan fingerprint density at radius 2 is 1.55 bits per heavy atom. The first-order valence-corrected chi connectivity index (χ1v) is 7.30. The Kier molecular flexibility index (Phi) is 2.87. The van der Waals surface area contributed by atoms with Crippen molar-refractivity contribution in [2.75, 3.05) is 7.11 Å². The maximum absolute atomic E-state index is 12.7. The molecular formula is C18H15NO3. The van der Waals surface area contributed by atoms with Crippen molar-refractivity contribution in [3.63, 3.8) is 0 Å². The number of hydrogen-bond acceptors (Lipinski definition) is 3. The van der Waals surface area contributed by atoms with Gasteiger partial charge in [-0.1, -0.05) is 36.4 Å². The molecule has 4 heteroatoms. The molecule has 0 radical (unpaired) electrons. The van der Waals surface area contributed by atoms with Crippen molar-refractivity contribution in [2.45, 2.75) is 18.6 Å². The van der Waals surface area contributed by atoms with Gasteiger partial charge in [-0.15, -0.1) is 0 Å². The van der Waals surface area contributed by atoms with E-state index < -0.39 is 0 Å². The lowest BCUT2D eigenvalue weighted by Crippen LogP contribution is -2.42. The van der Waals surface area contributed by atoms with Crippen LogP contribution in [0.3, 0.4) is 0 Å². The molecule has 0 bridgehead atoms. The third kappa shape index (κ3) is 1.67. The number of carbonyl (C=O) groups excluding carboxylic acids is 2. The van der Waals surface area contributed by atoms with Gasteiger partial charge >= 0.3 is 0 Å². The highest BCUT2D eigenvalue weighted by molar-refractivity contribution is 6.21. The summed E-state index contributed by atoms with van der Waals surface area (Å²) in [7, 11) is 1.62. The number of hydrogen-bond donors (Lipinski definition) is 0. The van der Waals surface area contributed by atoms with Crippen LogP contribution in [0.1, 0.15) is 37.9 Å². The third-order valence-corrected chi connectivity index (χ3v) is 4.55. The van der Waals surface area contributed by atoms with Gasteiger partial charge in [0.05, 0.1) is 17.2 Å². The van der Waals surface area contributed by atoms with E-state index >= 15 is 0 Å². The Morgan fingerprint density at radius 3 is 2.18 bits per heavy atom. The van der Waals surface area contributed by atoms with Crippen molar-refractivity contribution in [2.24, 2.45) is 0 Å². The maximum atomic E-state index is 12.7. The fourth-order valence-electron chi connectivity index (χ4n) is 3.56. The quantitative estimate of drug-likeness (QED) is 0.800. The third-order valence-electron chi connectivity index (χ3n) is 4.55. The van der Waals surface area contributed by atoms with Crippen molar-refractivity contribution in [1.82, 2.24) is 4.90 Å². The van der Waals surface area contributed by atoms with Crippen LogP contribution in [0.5, 0.6) is 0 Å². The number of benzene rings is 2. The zero-order valence-electron chi connectivity index (χ0n) is 12.2. The largest absolute Gasteiger partial charge is 0.375 e. The molecule has 2 aliphatic rings. The summed E-state index contributed by atoms with van der Waals surface area (Å²) in [6, 6.07) is 14.6. The fourth-order valence-corrected chi connectivity index (χ4v) is 3.56. The molecule has 0 aromatic heterocycles. The Bertz CT molecular complexity index is 748. The van der Waals surface area contributed by atoms with Crippen LogP contribution in [0.15, 0.2) is 48.5 Å². The van der Waals surface area contributed by atoms with Crippen LogP contribution in [0.4, 0.5) is 0 Å². The molecule has 2 aromatic carbocycles. The molecule has 0 N–H and O–H groups in total. The van der Waals surface area contributed by atoms with Crippen LogP contribution in [0, 0.1) is 0 Å². The number of methoxy groups -OCH3 is 1. The first kappa shape index (κ1) is 13.2. The van der Waals surface area contributed by atoms with Gasteiger partial charge in [-0.25, -0.2) is 0 Å². The van der Waals surface area contributed by atoms with Gasteiger partial charge in [-0.3, -0.25) is 14.5 Å². The summed E-state index contributed by atoms with van der Waals surface area (Å²) < 4.78 is 5.61. The number of ether oxygens (including phenoxy) is 1. The highest BCUT2D eigenvalue weighted by atomic mass is 16.5. The molecule has 0 spiro atoms. The standard InChI is InChI=1S/C18H15NO3/c1-22-16-12-7-3-2-6-11(12)10-15(16)19-17(20)13-8-4-5-9-14(13)18(19)21/h2-9,15-16H,10H2,1H3. The number of amides is 2. The molecule has 4 nitrogen and oxygen atoms in total. The number of carbonyl (C=O) groups is 2. The number of fused-ring (bicyclic) bond motifs is 2. The number of imide groups is 1. The van der Waals surface area contributed by atoms with Gasteiger partial charge in [0.25, 0.3) is 11.8 Å². The average molecular weight is 293 g/mol. The molecule has 2 amide bonds. The van der Waals surface area contributed by atoms with Crippen molar-refractivity contribution < 1.29 is 14.3 Å². The molecular weight excluding hydrogens is 278 g/mol. The summed E-state index contributed by atoms with van der Waals surface area (Å²) in [5.41, 5.74) is 3.17. The van der Waals surface area contributed by atoms with Crippen LogP contribution < -0.4 is 0 Å². The van der Waals surface area contributed by atoms with E-state index in [1.807, 2.05) is 24.3 Å². The van der Waals surface area contributed by atoms with Crippen molar-refractivity contribution >= 4 is 11.8 Å². The Morgan fingerprint density at radius 1 is 0.955 bits per heavy atom. The highest BCUT2D eigenvalue weighted by Gasteiger charge is 2.46. The van der Waals surface area contributed by atoms with E-state index in [2.05, 4.69) is 0 Å². The molecule has 2 atom stereocenters. The lowest BCUT2D eigenvalue weighted by atomic mass is 10.1. The van der Waals surface area contributed by atoms with Gasteiger partial charge in [0.2, 0.25) is 0 Å². The van der Waals surface area contributed by atoms with E-state index in [1.54, 1.807) is 31.4 Å². The molecule has 4 rings (SSSR count). The zero-order chi connectivity index (χ0) is 15.3. The van der Waals surface area contributed by atoms with E-state index in [-0.39, 0.29) is 24.0 Å². The molecule has 1 heterocycles. The van der Waals surface area contributed by atoms with Gasteiger partial charge in [-0.05, 0) is 29.7 Å². The van der Waals surface area contributed by atoms with E-state index in [4.69, 9.17) is 4.74 Å². The first-order valence-electron chi connectivity index (χ1n) is 7.30. The van der Waals surface area contributed by atoms with Gasteiger partial charge in [0.1, 0.15) is 6.10 Å². The maximum Gasteiger partial charge on any atom is 0.261 e. The topological polar surface area (TPSA) is 46.6 Å². The molecule has 2 unspecified atom stereocenters. The first-order chi connectivity index (χ1) is 10.7. The van der Waals surface area contributed by atoms with Gasteiger partial charge < -0.3 is 4.74 Å². The van der Waals surface area contributed by atoms with Crippen LogP contribution in [0.2, 0.25) is 0 Å². The van der Waals surface area contributed by atoms with Gasteiger partial charge in [-0.2, -0.15) is 0 Å². The Hall–Kier alpha value is -2.46. The summed E-state index contributed by atoms with van der Waals surface area (Å²) in [5, 5.41) is 0. The van der Waals surface area contributed by atoms with Gasteiger partial charge in [0, 0.05) is 7.11 Å².